The van der Waals surface area contributed by atoms with Crippen molar-refractivity contribution in [2.75, 3.05) is 0 Å². The minimum Gasteiger partial charge on any atom is -0.457 e. The van der Waals surface area contributed by atoms with E-state index in [4.69, 9.17) is 4.74 Å². The SMILES string of the molecule is O=C(OCc1ccccc1)c1c(P(c2ccccc2)c2ccccc2)ccc2ccccc12. The number of fused-ring (bicyclic) bond motifs is 1. The van der Waals surface area contributed by atoms with E-state index in [0.717, 1.165) is 21.6 Å². The van der Waals surface area contributed by atoms with Crippen molar-refractivity contribution in [3.8, 4) is 0 Å². The Kier molecular flexibility index (Phi) is 6.28. The van der Waals surface area contributed by atoms with Gasteiger partial charge in [0.2, 0.25) is 0 Å². The Labute approximate surface area is 195 Å². The van der Waals surface area contributed by atoms with Crippen LogP contribution >= 0.6 is 7.92 Å². The van der Waals surface area contributed by atoms with E-state index in [1.54, 1.807) is 0 Å². The van der Waals surface area contributed by atoms with E-state index in [1.807, 2.05) is 66.7 Å². The predicted molar refractivity (Wildman–Crippen MR) is 138 cm³/mol. The molecule has 0 amide bonds. The average Bonchev–Trinajstić information content (AvgIpc) is 2.89. The highest BCUT2D eigenvalue weighted by Gasteiger charge is 2.25. The van der Waals surface area contributed by atoms with Crippen LogP contribution in [0.5, 0.6) is 0 Å². The number of ether oxygens (including phenoxy) is 1. The summed E-state index contributed by atoms with van der Waals surface area (Å²) in [5.41, 5.74) is 1.63. The summed E-state index contributed by atoms with van der Waals surface area (Å²) >= 11 is 0. The van der Waals surface area contributed by atoms with Crippen LogP contribution in [0.15, 0.2) is 127 Å². The van der Waals surface area contributed by atoms with E-state index in [9.17, 15) is 4.79 Å². The number of esters is 1. The van der Waals surface area contributed by atoms with Gasteiger partial charge in [-0.25, -0.2) is 4.79 Å². The van der Waals surface area contributed by atoms with Gasteiger partial charge in [0.15, 0.2) is 0 Å². The summed E-state index contributed by atoms with van der Waals surface area (Å²) in [6.45, 7) is 0.247. The minimum atomic E-state index is -0.938. The lowest BCUT2D eigenvalue weighted by molar-refractivity contribution is 0.0476. The van der Waals surface area contributed by atoms with Crippen LogP contribution in [-0.4, -0.2) is 5.97 Å². The van der Waals surface area contributed by atoms with Gasteiger partial charge in [-0.3, -0.25) is 0 Å². The van der Waals surface area contributed by atoms with Crippen LogP contribution in [0.25, 0.3) is 10.8 Å². The number of benzene rings is 5. The average molecular weight is 446 g/mol. The molecule has 0 N–H and O–H groups in total. The van der Waals surface area contributed by atoms with Gasteiger partial charge in [-0.05, 0) is 34.9 Å². The molecule has 0 heterocycles. The molecule has 3 heteroatoms. The maximum absolute atomic E-state index is 13.6. The van der Waals surface area contributed by atoms with E-state index in [2.05, 4.69) is 60.7 Å². The molecule has 0 spiro atoms. The van der Waals surface area contributed by atoms with Gasteiger partial charge in [-0.2, -0.15) is 0 Å². The van der Waals surface area contributed by atoms with Crippen molar-refractivity contribution in [3.63, 3.8) is 0 Å². The van der Waals surface area contributed by atoms with Gasteiger partial charge in [0.25, 0.3) is 0 Å². The van der Waals surface area contributed by atoms with Crippen molar-refractivity contribution in [2.45, 2.75) is 6.61 Å². The molecule has 5 aromatic rings. The Morgan fingerprint density at radius 2 is 1.15 bits per heavy atom. The summed E-state index contributed by atoms with van der Waals surface area (Å²) < 4.78 is 5.86. The molecular formula is C30H23O2P. The number of hydrogen-bond acceptors (Lipinski definition) is 2. The Bertz CT molecular complexity index is 1330. The van der Waals surface area contributed by atoms with Crippen LogP contribution in [0.4, 0.5) is 0 Å². The second-order valence-electron chi connectivity index (χ2n) is 7.75. The lowest BCUT2D eigenvalue weighted by atomic mass is 10.0. The minimum absolute atomic E-state index is 0.247. The largest absolute Gasteiger partial charge is 0.457 e. The topological polar surface area (TPSA) is 26.3 Å². The highest BCUT2D eigenvalue weighted by Crippen LogP contribution is 2.36. The molecule has 2 nitrogen and oxygen atoms in total. The highest BCUT2D eigenvalue weighted by atomic mass is 31.1. The number of rotatable bonds is 6. The first kappa shape index (κ1) is 21.1. The van der Waals surface area contributed by atoms with Gasteiger partial charge < -0.3 is 4.74 Å². The summed E-state index contributed by atoms with van der Waals surface area (Å²) in [5, 5.41) is 5.37. The third kappa shape index (κ3) is 4.58. The van der Waals surface area contributed by atoms with E-state index in [0.29, 0.717) is 5.56 Å². The molecule has 5 rings (SSSR count). The lowest BCUT2D eigenvalue weighted by Gasteiger charge is -2.23. The molecule has 160 valence electrons. The van der Waals surface area contributed by atoms with Crippen LogP contribution < -0.4 is 15.9 Å². The number of hydrogen-bond donors (Lipinski definition) is 0. The van der Waals surface area contributed by atoms with Gasteiger partial charge in [0, 0.05) is 5.30 Å². The van der Waals surface area contributed by atoms with Gasteiger partial charge in [-0.1, -0.05) is 127 Å². The molecule has 33 heavy (non-hydrogen) atoms. The zero-order chi connectivity index (χ0) is 22.5. The standard InChI is InChI=1S/C30H23O2P/c31-30(32-22-23-12-4-1-5-13-23)29-27-19-11-10-14-24(27)20-21-28(29)33(25-15-6-2-7-16-25)26-17-8-3-9-18-26/h1-21H,22H2. The summed E-state index contributed by atoms with van der Waals surface area (Å²) in [7, 11) is -0.938. The zero-order valence-corrected chi connectivity index (χ0v) is 19.0. The normalized spacial score (nSPS) is 10.9. The molecule has 0 saturated carbocycles. The fraction of sp³-hybridized carbons (Fsp3) is 0.0333. The lowest BCUT2D eigenvalue weighted by Crippen LogP contribution is -2.26. The molecule has 5 aromatic carbocycles. The summed E-state index contributed by atoms with van der Waals surface area (Å²) in [5.74, 6) is -0.287. The fourth-order valence-electron chi connectivity index (χ4n) is 4.04. The second kappa shape index (κ2) is 9.81. The summed E-state index contributed by atoms with van der Waals surface area (Å²) in [4.78, 5) is 13.6. The van der Waals surface area contributed by atoms with Crippen molar-refractivity contribution in [2.24, 2.45) is 0 Å². The van der Waals surface area contributed by atoms with E-state index in [1.165, 1.54) is 10.6 Å². The maximum Gasteiger partial charge on any atom is 0.339 e. The first-order valence-electron chi connectivity index (χ1n) is 10.9. The molecule has 0 fully saturated rings. The third-order valence-corrected chi connectivity index (χ3v) is 8.08. The van der Waals surface area contributed by atoms with Gasteiger partial charge in [-0.15, -0.1) is 0 Å². The van der Waals surface area contributed by atoms with E-state index >= 15 is 0 Å². The van der Waals surface area contributed by atoms with E-state index < -0.39 is 7.92 Å². The Hall–Kier alpha value is -3.74. The van der Waals surface area contributed by atoms with Gasteiger partial charge >= 0.3 is 5.97 Å². The molecule has 0 bridgehead atoms. The van der Waals surface area contributed by atoms with Crippen LogP contribution in [0.1, 0.15) is 15.9 Å². The molecule has 0 aliphatic carbocycles. The Morgan fingerprint density at radius 1 is 0.606 bits per heavy atom. The fourth-order valence-corrected chi connectivity index (χ4v) is 6.49. The molecule has 0 aliphatic rings. The number of carbonyl (C=O) groups excluding carboxylic acids is 1. The zero-order valence-electron chi connectivity index (χ0n) is 18.1. The monoisotopic (exact) mass is 446 g/mol. The second-order valence-corrected chi connectivity index (χ2v) is 9.93. The van der Waals surface area contributed by atoms with Crippen LogP contribution in [0, 0.1) is 0 Å². The first-order valence-corrected chi connectivity index (χ1v) is 12.3. The van der Waals surface area contributed by atoms with Crippen molar-refractivity contribution in [1.29, 1.82) is 0 Å². The van der Waals surface area contributed by atoms with Crippen LogP contribution in [0.3, 0.4) is 0 Å². The van der Waals surface area contributed by atoms with E-state index in [-0.39, 0.29) is 12.6 Å². The van der Waals surface area contributed by atoms with Gasteiger partial charge in [0.05, 0.1) is 5.56 Å². The third-order valence-electron chi connectivity index (χ3n) is 5.59. The highest BCUT2D eigenvalue weighted by molar-refractivity contribution is 7.80. The molecule has 0 radical (unpaired) electrons. The quantitative estimate of drug-likeness (QED) is 0.238. The molecule has 0 aromatic heterocycles. The molecule has 0 unspecified atom stereocenters. The first-order chi connectivity index (χ1) is 16.3. The van der Waals surface area contributed by atoms with Gasteiger partial charge in [0.1, 0.15) is 6.61 Å². The van der Waals surface area contributed by atoms with Crippen LogP contribution in [-0.2, 0) is 11.3 Å². The molecule has 0 aliphatic heterocycles. The molecule has 0 atom stereocenters. The van der Waals surface area contributed by atoms with Crippen molar-refractivity contribution >= 4 is 40.6 Å². The Balaban J connectivity index is 1.66. The van der Waals surface area contributed by atoms with Crippen LogP contribution in [0.2, 0.25) is 0 Å². The van der Waals surface area contributed by atoms with Crippen molar-refractivity contribution < 1.29 is 9.53 Å². The predicted octanol–water partition coefficient (Wildman–Crippen LogP) is 5.96. The molecule has 0 saturated heterocycles. The smallest absolute Gasteiger partial charge is 0.339 e. The van der Waals surface area contributed by atoms with Crippen molar-refractivity contribution in [3.05, 3.63) is 139 Å². The Morgan fingerprint density at radius 3 is 1.79 bits per heavy atom. The summed E-state index contributed by atoms with van der Waals surface area (Å²) in [6, 6.07) is 42.9. The molecular weight excluding hydrogens is 423 g/mol. The maximum atomic E-state index is 13.6. The number of carbonyl (C=O) groups is 1. The summed E-state index contributed by atoms with van der Waals surface area (Å²) in [6.07, 6.45) is 0. The van der Waals surface area contributed by atoms with Crippen molar-refractivity contribution in [1.82, 2.24) is 0 Å².